The molecule has 1 aliphatic rings. The quantitative estimate of drug-likeness (QED) is 0.762. The first-order valence-electron chi connectivity index (χ1n) is 9.03. The van der Waals surface area contributed by atoms with Crippen molar-refractivity contribution in [1.29, 1.82) is 0 Å². The zero-order chi connectivity index (χ0) is 19.0. The number of aromatic nitrogens is 4. The van der Waals surface area contributed by atoms with Crippen molar-refractivity contribution in [2.75, 3.05) is 43.4 Å². The van der Waals surface area contributed by atoms with Crippen LogP contribution >= 0.6 is 0 Å². The minimum Gasteiger partial charge on any atom is -0.354 e. The number of piperazine rings is 1. The Morgan fingerprint density at radius 3 is 2.56 bits per heavy atom. The van der Waals surface area contributed by atoms with Crippen LogP contribution in [0.3, 0.4) is 0 Å². The second-order valence-electron chi connectivity index (χ2n) is 6.97. The largest absolute Gasteiger partial charge is 0.354 e. The molecule has 27 heavy (non-hydrogen) atoms. The van der Waals surface area contributed by atoms with Crippen LogP contribution in [0.1, 0.15) is 21.7 Å². The van der Waals surface area contributed by atoms with Crippen LogP contribution in [0.4, 0.5) is 11.6 Å². The molecule has 0 atom stereocenters. The average Bonchev–Trinajstić information content (AvgIpc) is 3.05. The lowest BCUT2D eigenvalue weighted by Gasteiger charge is -2.33. The van der Waals surface area contributed by atoms with Gasteiger partial charge >= 0.3 is 0 Å². The summed E-state index contributed by atoms with van der Waals surface area (Å²) in [7, 11) is 2.12. The number of amides is 1. The van der Waals surface area contributed by atoms with E-state index in [9.17, 15) is 4.79 Å². The molecule has 4 rings (SSSR count). The maximum Gasteiger partial charge on any atom is 0.258 e. The molecule has 140 valence electrons. The second kappa shape index (κ2) is 6.96. The molecular weight excluding hydrogens is 342 g/mol. The lowest BCUT2D eigenvalue weighted by atomic mass is 10.2. The molecule has 0 bridgehead atoms. The van der Waals surface area contributed by atoms with Gasteiger partial charge in [-0.05, 0) is 33.0 Å². The molecule has 0 saturated carbocycles. The molecule has 0 aliphatic carbocycles. The molecule has 3 aromatic rings. The number of pyridine rings is 1. The number of hydrogen-bond donors (Lipinski definition) is 1. The third-order valence-electron chi connectivity index (χ3n) is 4.80. The van der Waals surface area contributed by atoms with Gasteiger partial charge in [0.15, 0.2) is 11.5 Å². The van der Waals surface area contributed by atoms with Crippen LogP contribution in [0.5, 0.6) is 0 Å². The van der Waals surface area contributed by atoms with E-state index in [1.54, 1.807) is 12.4 Å². The van der Waals surface area contributed by atoms with E-state index < -0.39 is 0 Å². The highest BCUT2D eigenvalue weighted by atomic mass is 16.1. The summed E-state index contributed by atoms with van der Waals surface area (Å²) in [6.07, 6.45) is 5.30. The molecule has 3 aromatic heterocycles. The standard InChI is InChI=1S/C19H23N7O/c1-13-11-26-12-16(22-18(26)14(2)21-13)23-19(27)15-4-5-17(20-10-15)25-8-6-24(3)7-9-25/h4-5,10-12H,6-9H2,1-3H3,(H,23,27). The first-order chi connectivity index (χ1) is 13.0. The van der Waals surface area contributed by atoms with Crippen molar-refractivity contribution in [3.8, 4) is 0 Å². The smallest absolute Gasteiger partial charge is 0.258 e. The van der Waals surface area contributed by atoms with Gasteiger partial charge in [0, 0.05) is 38.6 Å². The molecule has 0 aromatic carbocycles. The van der Waals surface area contributed by atoms with Gasteiger partial charge in [-0.3, -0.25) is 9.78 Å². The molecule has 1 saturated heterocycles. The molecule has 1 aliphatic heterocycles. The molecule has 8 heteroatoms. The van der Waals surface area contributed by atoms with Gasteiger partial charge in [-0.1, -0.05) is 0 Å². The number of hydrogen-bond acceptors (Lipinski definition) is 6. The number of imidazole rings is 1. The van der Waals surface area contributed by atoms with Crippen molar-refractivity contribution in [2.45, 2.75) is 13.8 Å². The van der Waals surface area contributed by atoms with Crippen LogP contribution in [0.2, 0.25) is 0 Å². The van der Waals surface area contributed by atoms with Crippen molar-refractivity contribution >= 4 is 23.2 Å². The van der Waals surface area contributed by atoms with Crippen molar-refractivity contribution in [1.82, 2.24) is 24.3 Å². The highest BCUT2D eigenvalue weighted by Crippen LogP contribution is 2.16. The fraction of sp³-hybridized carbons (Fsp3) is 0.368. The van der Waals surface area contributed by atoms with Gasteiger partial charge in [-0.25, -0.2) is 9.97 Å². The fourth-order valence-electron chi connectivity index (χ4n) is 3.30. The normalized spacial score (nSPS) is 15.3. The minimum atomic E-state index is -0.224. The number of carbonyl (C=O) groups is 1. The van der Waals surface area contributed by atoms with Crippen LogP contribution < -0.4 is 10.2 Å². The van der Waals surface area contributed by atoms with E-state index in [0.717, 1.165) is 49.0 Å². The van der Waals surface area contributed by atoms with Crippen molar-refractivity contribution in [3.05, 3.63) is 47.7 Å². The maximum absolute atomic E-state index is 12.5. The van der Waals surface area contributed by atoms with Crippen molar-refractivity contribution < 1.29 is 4.79 Å². The summed E-state index contributed by atoms with van der Waals surface area (Å²) in [6.45, 7) is 7.77. The Bertz CT molecular complexity index is 972. The zero-order valence-electron chi connectivity index (χ0n) is 15.8. The number of likely N-dealkylation sites (N-methyl/N-ethyl adjacent to an activating group) is 1. The third kappa shape index (κ3) is 3.61. The number of nitrogens with zero attached hydrogens (tertiary/aromatic N) is 6. The molecule has 0 spiro atoms. The first kappa shape index (κ1) is 17.4. The van der Waals surface area contributed by atoms with Gasteiger partial charge in [-0.2, -0.15) is 0 Å². The Balaban J connectivity index is 1.47. The predicted octanol–water partition coefficient (Wildman–Crippen LogP) is 1.75. The predicted molar refractivity (Wildman–Crippen MR) is 104 cm³/mol. The van der Waals surface area contributed by atoms with Crippen LogP contribution in [0, 0.1) is 13.8 Å². The van der Waals surface area contributed by atoms with Crippen LogP contribution in [-0.4, -0.2) is 63.4 Å². The van der Waals surface area contributed by atoms with Gasteiger partial charge in [0.05, 0.1) is 23.1 Å². The summed E-state index contributed by atoms with van der Waals surface area (Å²) in [5, 5.41) is 2.84. The van der Waals surface area contributed by atoms with Crippen molar-refractivity contribution in [2.24, 2.45) is 0 Å². The summed E-state index contributed by atoms with van der Waals surface area (Å²) in [5.41, 5.74) is 2.98. The zero-order valence-corrected chi connectivity index (χ0v) is 15.8. The highest BCUT2D eigenvalue weighted by molar-refractivity contribution is 6.03. The number of carbonyl (C=O) groups excluding carboxylic acids is 1. The fourth-order valence-corrected chi connectivity index (χ4v) is 3.30. The first-order valence-corrected chi connectivity index (χ1v) is 9.03. The summed E-state index contributed by atoms with van der Waals surface area (Å²) in [4.78, 5) is 30.4. The molecule has 1 fully saturated rings. The Hall–Kier alpha value is -3.00. The van der Waals surface area contributed by atoms with Crippen LogP contribution in [0.25, 0.3) is 5.65 Å². The minimum absolute atomic E-state index is 0.224. The van der Waals surface area contributed by atoms with E-state index in [-0.39, 0.29) is 5.91 Å². The molecular formula is C19H23N7O. The van der Waals surface area contributed by atoms with Crippen LogP contribution in [0.15, 0.2) is 30.7 Å². The van der Waals surface area contributed by atoms with Gasteiger partial charge in [0.2, 0.25) is 0 Å². The van der Waals surface area contributed by atoms with Gasteiger partial charge in [-0.15, -0.1) is 0 Å². The molecule has 0 radical (unpaired) electrons. The average molecular weight is 365 g/mol. The molecule has 1 N–H and O–H groups in total. The Kier molecular flexibility index (Phi) is 4.49. The van der Waals surface area contributed by atoms with E-state index in [1.165, 1.54) is 0 Å². The monoisotopic (exact) mass is 365 g/mol. The summed E-state index contributed by atoms with van der Waals surface area (Å²) in [6, 6.07) is 3.71. The Labute approximate surface area is 157 Å². The number of aryl methyl sites for hydroxylation is 2. The Morgan fingerprint density at radius 2 is 1.85 bits per heavy atom. The van der Waals surface area contributed by atoms with Crippen LogP contribution in [-0.2, 0) is 0 Å². The van der Waals surface area contributed by atoms with E-state index in [1.807, 2.05) is 36.6 Å². The number of fused-ring (bicyclic) bond motifs is 1. The van der Waals surface area contributed by atoms with Gasteiger partial charge in [0.25, 0.3) is 5.91 Å². The number of nitrogens with one attached hydrogen (secondary N) is 1. The summed E-state index contributed by atoms with van der Waals surface area (Å²) >= 11 is 0. The molecule has 8 nitrogen and oxygen atoms in total. The van der Waals surface area contributed by atoms with E-state index in [0.29, 0.717) is 11.4 Å². The molecule has 1 amide bonds. The van der Waals surface area contributed by atoms with Gasteiger partial charge in [0.1, 0.15) is 5.82 Å². The number of rotatable bonds is 3. The SMILES string of the molecule is Cc1cn2cc(NC(=O)c3ccc(N4CCN(C)CC4)nc3)nc2c(C)n1. The topological polar surface area (TPSA) is 78.7 Å². The lowest BCUT2D eigenvalue weighted by molar-refractivity contribution is 0.102. The molecule has 4 heterocycles. The second-order valence-corrected chi connectivity index (χ2v) is 6.97. The van der Waals surface area contributed by atoms with Gasteiger partial charge < -0.3 is 19.5 Å². The van der Waals surface area contributed by atoms with Crippen molar-refractivity contribution in [3.63, 3.8) is 0 Å². The van der Waals surface area contributed by atoms with E-state index in [4.69, 9.17) is 0 Å². The third-order valence-corrected chi connectivity index (χ3v) is 4.80. The Morgan fingerprint density at radius 1 is 1.07 bits per heavy atom. The molecule has 0 unspecified atom stereocenters. The maximum atomic E-state index is 12.5. The highest BCUT2D eigenvalue weighted by Gasteiger charge is 2.16. The summed E-state index contributed by atoms with van der Waals surface area (Å²) in [5.74, 6) is 1.18. The summed E-state index contributed by atoms with van der Waals surface area (Å²) < 4.78 is 1.88. The van der Waals surface area contributed by atoms with E-state index in [2.05, 4.69) is 37.1 Å². The van der Waals surface area contributed by atoms with E-state index >= 15 is 0 Å². The lowest BCUT2D eigenvalue weighted by Crippen LogP contribution is -2.44. The number of anilines is 2.